The largest absolute Gasteiger partial charge is 0.382 e. The molecule has 27 heavy (non-hydrogen) atoms. The van der Waals surface area contributed by atoms with Crippen molar-refractivity contribution in [2.45, 2.75) is 31.6 Å². The Labute approximate surface area is 171 Å². The van der Waals surface area contributed by atoms with Crippen LogP contribution in [0.15, 0.2) is 33.7 Å². The van der Waals surface area contributed by atoms with Crippen LogP contribution in [0.25, 0.3) is 0 Å². The number of halogens is 1. The molecule has 1 unspecified atom stereocenters. The van der Waals surface area contributed by atoms with Crippen LogP contribution in [-0.2, 0) is 14.9 Å². The Morgan fingerprint density at radius 3 is 2.85 bits per heavy atom. The van der Waals surface area contributed by atoms with Gasteiger partial charge in [0, 0.05) is 42.5 Å². The monoisotopic (exact) mass is 437 g/mol. The minimum absolute atomic E-state index is 0.211. The molecule has 5 nitrogen and oxygen atoms in total. The van der Waals surface area contributed by atoms with Crippen molar-refractivity contribution < 1.29 is 9.47 Å². The Bertz CT molecular complexity index is 634. The van der Waals surface area contributed by atoms with Crippen LogP contribution in [-0.4, -0.2) is 64.0 Å². The zero-order chi connectivity index (χ0) is 19.1. The lowest BCUT2D eigenvalue weighted by atomic mass is 9.96. The Morgan fingerprint density at radius 1 is 1.33 bits per heavy atom. The van der Waals surface area contributed by atoms with Gasteiger partial charge in [-0.1, -0.05) is 34.1 Å². The second kappa shape index (κ2) is 9.89. The first-order valence-electron chi connectivity index (χ1n) is 10.0. The van der Waals surface area contributed by atoms with Crippen LogP contribution in [0.3, 0.4) is 0 Å². The molecule has 0 bridgehead atoms. The molecule has 1 aromatic carbocycles. The topological polar surface area (TPSA) is 46.1 Å². The molecule has 1 aromatic rings. The van der Waals surface area contributed by atoms with E-state index in [4.69, 9.17) is 14.5 Å². The molecule has 0 spiro atoms. The Hall–Kier alpha value is -1.11. The summed E-state index contributed by atoms with van der Waals surface area (Å²) in [6, 6.07) is 8.58. The van der Waals surface area contributed by atoms with Crippen LogP contribution in [0.5, 0.6) is 0 Å². The van der Waals surface area contributed by atoms with Crippen molar-refractivity contribution in [3.8, 4) is 0 Å². The summed E-state index contributed by atoms with van der Waals surface area (Å²) in [5, 5.41) is 3.49. The molecule has 3 rings (SSSR count). The summed E-state index contributed by atoms with van der Waals surface area (Å²) in [5.41, 5.74) is 1.61. The molecule has 6 heteroatoms. The predicted molar refractivity (Wildman–Crippen MR) is 113 cm³/mol. The van der Waals surface area contributed by atoms with Crippen LogP contribution in [0, 0.1) is 5.92 Å². The number of aliphatic imine (C=N–C) groups is 1. The summed E-state index contributed by atoms with van der Waals surface area (Å²) < 4.78 is 12.0. The number of nitrogens with one attached hydrogen (secondary N) is 1. The smallest absolute Gasteiger partial charge is 0.193 e. The molecular formula is C21H32BrN3O2. The van der Waals surface area contributed by atoms with E-state index >= 15 is 0 Å². The summed E-state index contributed by atoms with van der Waals surface area (Å²) in [4.78, 5) is 7.43. The summed E-state index contributed by atoms with van der Waals surface area (Å²) in [6.45, 7) is 8.09. The number of nitrogens with zero attached hydrogens (tertiary/aromatic N) is 2. The normalized spacial score (nSPS) is 21.5. The number of likely N-dealkylation sites (tertiary alicyclic amines) is 1. The van der Waals surface area contributed by atoms with Gasteiger partial charge in [0.1, 0.15) is 0 Å². The highest BCUT2D eigenvalue weighted by Crippen LogP contribution is 2.50. The van der Waals surface area contributed by atoms with E-state index in [1.807, 2.05) is 0 Å². The van der Waals surface area contributed by atoms with Crippen molar-refractivity contribution in [2.24, 2.45) is 10.9 Å². The van der Waals surface area contributed by atoms with E-state index in [1.54, 1.807) is 7.11 Å². The van der Waals surface area contributed by atoms with E-state index in [9.17, 15) is 0 Å². The summed E-state index contributed by atoms with van der Waals surface area (Å²) >= 11 is 3.72. The summed E-state index contributed by atoms with van der Waals surface area (Å²) in [6.07, 6.45) is 3.59. The fourth-order valence-electron chi connectivity index (χ4n) is 3.76. The van der Waals surface area contributed by atoms with Gasteiger partial charge in [0.15, 0.2) is 5.96 Å². The standard InChI is InChI=1S/C21H32BrN3O2/c1-3-23-20(25-11-8-17(14-25)15-27-13-12-26-2)24-16-21(9-10-21)18-6-4-5-7-19(18)22/h4-7,17H,3,8-16H2,1-2H3,(H,23,24). The predicted octanol–water partition coefficient (Wildman–Crippen LogP) is 3.43. The third-order valence-electron chi connectivity index (χ3n) is 5.54. The quantitative estimate of drug-likeness (QED) is 0.365. The van der Waals surface area contributed by atoms with Crippen LogP contribution < -0.4 is 5.32 Å². The fourth-order valence-corrected chi connectivity index (χ4v) is 4.47. The van der Waals surface area contributed by atoms with Crippen LogP contribution in [0.2, 0.25) is 0 Å². The van der Waals surface area contributed by atoms with E-state index < -0.39 is 0 Å². The first-order chi connectivity index (χ1) is 13.2. The lowest BCUT2D eigenvalue weighted by molar-refractivity contribution is 0.0536. The van der Waals surface area contributed by atoms with Crippen LogP contribution in [0.1, 0.15) is 31.7 Å². The molecule has 1 atom stereocenters. The molecule has 150 valence electrons. The third kappa shape index (κ3) is 5.46. The molecule has 0 aromatic heterocycles. The first-order valence-corrected chi connectivity index (χ1v) is 10.8. The number of benzene rings is 1. The van der Waals surface area contributed by atoms with Crippen molar-refractivity contribution in [2.75, 3.05) is 53.1 Å². The molecule has 2 fully saturated rings. The van der Waals surface area contributed by atoms with Gasteiger partial charge in [0.25, 0.3) is 0 Å². The number of rotatable bonds is 9. The first kappa shape index (κ1) is 20.6. The fraction of sp³-hybridized carbons (Fsp3) is 0.667. The second-order valence-corrected chi connectivity index (χ2v) is 8.45. The van der Waals surface area contributed by atoms with Gasteiger partial charge in [-0.15, -0.1) is 0 Å². The van der Waals surface area contributed by atoms with Gasteiger partial charge in [-0.3, -0.25) is 4.99 Å². The number of hydrogen-bond acceptors (Lipinski definition) is 3. The maximum atomic E-state index is 5.72. The van der Waals surface area contributed by atoms with Gasteiger partial charge in [-0.25, -0.2) is 0 Å². The van der Waals surface area contributed by atoms with Crippen molar-refractivity contribution >= 4 is 21.9 Å². The van der Waals surface area contributed by atoms with Gasteiger partial charge in [0.2, 0.25) is 0 Å². The number of guanidine groups is 1. The highest BCUT2D eigenvalue weighted by Gasteiger charge is 2.45. The molecule has 1 aliphatic carbocycles. The highest BCUT2D eigenvalue weighted by atomic mass is 79.9. The van der Waals surface area contributed by atoms with Crippen molar-refractivity contribution in [3.63, 3.8) is 0 Å². The number of methoxy groups -OCH3 is 1. The number of ether oxygens (including phenoxy) is 2. The molecule has 1 saturated carbocycles. The maximum Gasteiger partial charge on any atom is 0.193 e. The second-order valence-electron chi connectivity index (χ2n) is 7.60. The van der Waals surface area contributed by atoms with Crippen molar-refractivity contribution in [3.05, 3.63) is 34.3 Å². The minimum atomic E-state index is 0.211. The van der Waals surface area contributed by atoms with E-state index in [-0.39, 0.29) is 5.41 Å². The Balaban J connectivity index is 1.58. The average Bonchev–Trinajstić information content (AvgIpc) is 3.31. The zero-order valence-corrected chi connectivity index (χ0v) is 18.1. The maximum absolute atomic E-state index is 5.72. The molecule has 1 aliphatic heterocycles. The minimum Gasteiger partial charge on any atom is -0.382 e. The Kier molecular flexibility index (Phi) is 7.56. The van der Waals surface area contributed by atoms with Gasteiger partial charge >= 0.3 is 0 Å². The Morgan fingerprint density at radius 2 is 2.15 bits per heavy atom. The lowest BCUT2D eigenvalue weighted by Crippen LogP contribution is -2.40. The van der Waals surface area contributed by atoms with E-state index in [1.165, 1.54) is 22.9 Å². The van der Waals surface area contributed by atoms with Gasteiger partial charge < -0.3 is 19.7 Å². The SMILES string of the molecule is CCNC(=NCC1(c2ccccc2Br)CC1)N1CCC(COCCOC)C1. The summed E-state index contributed by atoms with van der Waals surface area (Å²) in [5.74, 6) is 1.62. The van der Waals surface area contributed by atoms with E-state index in [0.717, 1.165) is 45.2 Å². The van der Waals surface area contributed by atoms with Crippen molar-refractivity contribution in [1.82, 2.24) is 10.2 Å². The molecular weight excluding hydrogens is 406 g/mol. The van der Waals surface area contributed by atoms with Crippen LogP contribution >= 0.6 is 15.9 Å². The van der Waals surface area contributed by atoms with Gasteiger partial charge in [-0.05, 0) is 37.8 Å². The molecule has 0 radical (unpaired) electrons. The molecule has 2 aliphatic rings. The van der Waals surface area contributed by atoms with Gasteiger partial charge in [0.05, 0.1) is 26.4 Å². The lowest BCUT2D eigenvalue weighted by Gasteiger charge is -2.23. The molecule has 1 N–H and O–H groups in total. The molecule has 1 heterocycles. The van der Waals surface area contributed by atoms with Gasteiger partial charge in [-0.2, -0.15) is 0 Å². The average molecular weight is 438 g/mol. The molecule has 0 amide bonds. The zero-order valence-electron chi connectivity index (χ0n) is 16.5. The number of hydrogen-bond donors (Lipinski definition) is 1. The van der Waals surface area contributed by atoms with Crippen LogP contribution in [0.4, 0.5) is 0 Å². The molecule has 1 saturated heterocycles. The highest BCUT2D eigenvalue weighted by molar-refractivity contribution is 9.10. The third-order valence-corrected chi connectivity index (χ3v) is 6.23. The summed E-state index contributed by atoms with van der Waals surface area (Å²) in [7, 11) is 1.71. The van der Waals surface area contributed by atoms with E-state index in [2.05, 4.69) is 57.3 Å². The van der Waals surface area contributed by atoms with E-state index in [0.29, 0.717) is 19.1 Å². The van der Waals surface area contributed by atoms with Crippen molar-refractivity contribution in [1.29, 1.82) is 0 Å².